The number of hydrogen-bond acceptors (Lipinski definition) is 5. The van der Waals surface area contributed by atoms with E-state index in [4.69, 9.17) is 15.3 Å². The molecule has 76 valence electrons. The molecule has 1 unspecified atom stereocenters. The molecule has 0 saturated heterocycles. The molecule has 0 fully saturated rings. The Balaban J connectivity index is 2.60. The summed E-state index contributed by atoms with van der Waals surface area (Å²) in [6.45, 7) is -0.684. The number of carbonyl (C=O) groups excluding carboxylic acids is 1. The maximum atomic E-state index is 10.9. The van der Waals surface area contributed by atoms with Gasteiger partial charge in [0.15, 0.2) is 6.10 Å². The molecule has 0 radical (unpaired) electrons. The summed E-state index contributed by atoms with van der Waals surface area (Å²) in [5.74, 6) is -0.689. The smallest absolute Gasteiger partial charge is 0.342 e. The number of rotatable bonds is 3. The fourth-order valence-electron chi connectivity index (χ4n) is 0.773. The number of aliphatic hydroxyl groups is 2. The van der Waals surface area contributed by atoms with Crippen molar-refractivity contribution in [3.8, 4) is 11.5 Å². The van der Waals surface area contributed by atoms with E-state index in [9.17, 15) is 4.79 Å². The molecule has 1 atom stereocenters. The van der Waals surface area contributed by atoms with Crippen LogP contribution in [0.15, 0.2) is 24.3 Å². The van der Waals surface area contributed by atoms with Gasteiger partial charge in [-0.1, -0.05) is 0 Å². The fraction of sp³-hybridized carbons (Fsp3) is 0.222. The average Bonchev–Trinajstić information content (AvgIpc) is 2.20. The van der Waals surface area contributed by atoms with Crippen LogP contribution in [0.3, 0.4) is 0 Å². The number of benzene rings is 1. The van der Waals surface area contributed by atoms with Gasteiger partial charge in [-0.2, -0.15) is 0 Å². The van der Waals surface area contributed by atoms with Crippen molar-refractivity contribution < 1.29 is 24.9 Å². The summed E-state index contributed by atoms with van der Waals surface area (Å²) >= 11 is 0. The van der Waals surface area contributed by atoms with E-state index in [1.54, 1.807) is 0 Å². The van der Waals surface area contributed by atoms with Crippen LogP contribution in [0.1, 0.15) is 0 Å². The van der Waals surface area contributed by atoms with Crippen LogP contribution < -0.4 is 4.74 Å². The number of aliphatic hydroxyl groups excluding tert-OH is 2. The lowest BCUT2D eigenvalue weighted by Gasteiger charge is -2.07. The molecular formula is C9H10O5. The molecule has 0 bridgehead atoms. The molecule has 0 aliphatic carbocycles. The second-order valence-electron chi connectivity index (χ2n) is 2.61. The van der Waals surface area contributed by atoms with Crippen molar-refractivity contribution in [2.45, 2.75) is 6.10 Å². The molecule has 14 heavy (non-hydrogen) atoms. The highest BCUT2D eigenvalue weighted by Gasteiger charge is 2.15. The van der Waals surface area contributed by atoms with Gasteiger partial charge in [-0.05, 0) is 24.3 Å². The molecule has 5 heteroatoms. The molecule has 0 aliphatic heterocycles. The quantitative estimate of drug-likeness (QED) is 0.456. The first-order valence-corrected chi connectivity index (χ1v) is 3.93. The zero-order chi connectivity index (χ0) is 10.6. The first kappa shape index (κ1) is 10.5. The summed E-state index contributed by atoms with van der Waals surface area (Å²) in [6, 6.07) is 5.43. The summed E-state index contributed by atoms with van der Waals surface area (Å²) < 4.78 is 4.66. The molecule has 0 heterocycles. The molecule has 0 spiro atoms. The molecule has 0 aliphatic rings. The van der Waals surface area contributed by atoms with Gasteiger partial charge in [-0.15, -0.1) is 0 Å². The monoisotopic (exact) mass is 198 g/mol. The molecule has 1 aromatic carbocycles. The van der Waals surface area contributed by atoms with E-state index in [2.05, 4.69) is 4.74 Å². The van der Waals surface area contributed by atoms with Crippen LogP contribution in [-0.2, 0) is 4.79 Å². The summed E-state index contributed by atoms with van der Waals surface area (Å²) in [5.41, 5.74) is 0. The Morgan fingerprint density at radius 3 is 2.43 bits per heavy atom. The van der Waals surface area contributed by atoms with Crippen molar-refractivity contribution in [2.24, 2.45) is 0 Å². The summed E-state index contributed by atoms with van der Waals surface area (Å²) in [6.07, 6.45) is -1.54. The molecule has 0 saturated carbocycles. The van der Waals surface area contributed by atoms with Gasteiger partial charge < -0.3 is 20.1 Å². The van der Waals surface area contributed by atoms with Crippen LogP contribution in [0.5, 0.6) is 11.5 Å². The number of esters is 1. The van der Waals surface area contributed by atoms with Crippen molar-refractivity contribution >= 4 is 5.97 Å². The lowest BCUT2D eigenvalue weighted by Crippen LogP contribution is -2.28. The normalized spacial score (nSPS) is 12.1. The third-order valence-corrected chi connectivity index (χ3v) is 1.50. The molecule has 5 nitrogen and oxygen atoms in total. The first-order valence-electron chi connectivity index (χ1n) is 3.93. The number of ether oxygens (including phenoxy) is 1. The number of phenols is 1. The Hall–Kier alpha value is -1.59. The van der Waals surface area contributed by atoms with E-state index < -0.39 is 18.7 Å². The molecule has 0 aromatic heterocycles. The summed E-state index contributed by atoms with van der Waals surface area (Å²) in [4.78, 5) is 10.9. The maximum absolute atomic E-state index is 10.9. The Morgan fingerprint density at radius 2 is 1.93 bits per heavy atom. The topological polar surface area (TPSA) is 87.0 Å². The predicted molar refractivity (Wildman–Crippen MR) is 46.8 cm³/mol. The minimum absolute atomic E-state index is 0.0486. The predicted octanol–water partition coefficient (Wildman–Crippen LogP) is -0.349. The summed E-state index contributed by atoms with van der Waals surface area (Å²) in [7, 11) is 0. The van der Waals surface area contributed by atoms with Crippen molar-refractivity contribution in [1.82, 2.24) is 0 Å². The molecule has 1 aromatic rings. The van der Waals surface area contributed by atoms with E-state index in [0.717, 1.165) is 0 Å². The Morgan fingerprint density at radius 1 is 1.36 bits per heavy atom. The van der Waals surface area contributed by atoms with Crippen LogP contribution in [0, 0.1) is 0 Å². The maximum Gasteiger partial charge on any atom is 0.342 e. The first-order chi connectivity index (χ1) is 6.63. The van der Waals surface area contributed by atoms with E-state index in [-0.39, 0.29) is 11.5 Å². The van der Waals surface area contributed by atoms with Gasteiger partial charge in [0.25, 0.3) is 0 Å². The highest BCUT2D eigenvalue weighted by molar-refractivity contribution is 5.77. The zero-order valence-electron chi connectivity index (χ0n) is 7.25. The Labute approximate surface area is 80.2 Å². The second-order valence-corrected chi connectivity index (χ2v) is 2.61. The standard InChI is InChI=1S/C9H10O5/c10-5-8(12)9(13)14-7-3-1-6(11)2-4-7/h1-4,8,10-12H,5H2. The number of carbonyl (C=O) groups is 1. The highest BCUT2D eigenvalue weighted by atomic mass is 16.6. The van der Waals surface area contributed by atoms with E-state index in [1.807, 2.05) is 0 Å². The van der Waals surface area contributed by atoms with Crippen LogP contribution in [0.4, 0.5) is 0 Å². The third kappa shape index (κ3) is 2.72. The lowest BCUT2D eigenvalue weighted by molar-refractivity contribution is -0.145. The SMILES string of the molecule is O=C(Oc1ccc(O)cc1)C(O)CO. The van der Waals surface area contributed by atoms with Gasteiger partial charge in [0.05, 0.1) is 6.61 Å². The Kier molecular flexibility index (Phi) is 3.44. The van der Waals surface area contributed by atoms with Crippen molar-refractivity contribution in [3.63, 3.8) is 0 Å². The van der Waals surface area contributed by atoms with E-state index in [0.29, 0.717) is 0 Å². The molecule has 3 N–H and O–H groups in total. The molecular weight excluding hydrogens is 188 g/mol. The number of aromatic hydroxyl groups is 1. The minimum Gasteiger partial charge on any atom is -0.508 e. The number of hydrogen-bond donors (Lipinski definition) is 3. The van der Waals surface area contributed by atoms with Crippen molar-refractivity contribution in [2.75, 3.05) is 6.61 Å². The second kappa shape index (κ2) is 4.59. The molecule has 1 rings (SSSR count). The van der Waals surface area contributed by atoms with Gasteiger partial charge in [-0.25, -0.2) is 4.79 Å². The van der Waals surface area contributed by atoms with Crippen molar-refractivity contribution in [3.05, 3.63) is 24.3 Å². The van der Waals surface area contributed by atoms with Gasteiger partial charge >= 0.3 is 5.97 Å². The minimum atomic E-state index is -1.54. The van der Waals surface area contributed by atoms with Crippen LogP contribution in [0.25, 0.3) is 0 Å². The average molecular weight is 198 g/mol. The third-order valence-electron chi connectivity index (χ3n) is 1.50. The largest absolute Gasteiger partial charge is 0.508 e. The van der Waals surface area contributed by atoms with Crippen LogP contribution in [-0.4, -0.2) is 34.0 Å². The van der Waals surface area contributed by atoms with Crippen LogP contribution in [0.2, 0.25) is 0 Å². The van der Waals surface area contributed by atoms with Gasteiger partial charge in [0, 0.05) is 0 Å². The number of phenolic OH excluding ortho intramolecular Hbond substituents is 1. The molecule has 0 amide bonds. The van der Waals surface area contributed by atoms with Gasteiger partial charge in [0.2, 0.25) is 0 Å². The van der Waals surface area contributed by atoms with Gasteiger partial charge in [-0.3, -0.25) is 0 Å². The fourth-order valence-corrected chi connectivity index (χ4v) is 0.773. The van der Waals surface area contributed by atoms with E-state index in [1.165, 1.54) is 24.3 Å². The van der Waals surface area contributed by atoms with Crippen molar-refractivity contribution in [1.29, 1.82) is 0 Å². The van der Waals surface area contributed by atoms with E-state index >= 15 is 0 Å². The van der Waals surface area contributed by atoms with Gasteiger partial charge in [0.1, 0.15) is 11.5 Å². The lowest BCUT2D eigenvalue weighted by atomic mass is 10.3. The summed E-state index contributed by atoms with van der Waals surface area (Å²) in [5, 5.41) is 26.2. The Bertz CT molecular complexity index is 305. The van der Waals surface area contributed by atoms with Crippen LogP contribution >= 0.6 is 0 Å². The zero-order valence-corrected chi connectivity index (χ0v) is 7.25. The highest BCUT2D eigenvalue weighted by Crippen LogP contribution is 2.16.